The third-order valence-corrected chi connectivity index (χ3v) is 6.29. The Balaban J connectivity index is 1.70. The number of rotatable bonds is 7. The summed E-state index contributed by atoms with van der Waals surface area (Å²) in [5.74, 6) is 0.204. The van der Waals surface area contributed by atoms with E-state index in [1.165, 1.54) is 0 Å². The highest BCUT2D eigenvalue weighted by molar-refractivity contribution is 5.87. The number of ether oxygens (including phenoxy) is 1. The molecule has 0 aromatic carbocycles. The predicted molar refractivity (Wildman–Crippen MR) is 102 cm³/mol. The first kappa shape index (κ1) is 21.5. The molecule has 2 aliphatic carbocycles. The molecule has 6 nitrogen and oxygen atoms in total. The van der Waals surface area contributed by atoms with Crippen molar-refractivity contribution < 1.29 is 24.2 Å². The van der Waals surface area contributed by atoms with E-state index in [0.29, 0.717) is 24.0 Å². The zero-order valence-corrected chi connectivity index (χ0v) is 16.6. The highest BCUT2D eigenvalue weighted by atomic mass is 16.5. The first-order valence-electron chi connectivity index (χ1n) is 10.1. The normalized spacial score (nSPS) is 28.2. The molecule has 2 aliphatic rings. The van der Waals surface area contributed by atoms with E-state index in [4.69, 9.17) is 9.84 Å². The molecule has 0 saturated heterocycles. The van der Waals surface area contributed by atoms with Gasteiger partial charge in [-0.2, -0.15) is 0 Å². The van der Waals surface area contributed by atoms with Gasteiger partial charge in [-0.05, 0) is 70.1 Å². The molecule has 0 heterocycles. The van der Waals surface area contributed by atoms with Gasteiger partial charge in [-0.3, -0.25) is 9.59 Å². The van der Waals surface area contributed by atoms with Gasteiger partial charge in [0.2, 0.25) is 5.91 Å². The average Bonchev–Trinajstić information content (AvgIpc) is 2.67. The fourth-order valence-corrected chi connectivity index (χ4v) is 4.50. The molecule has 2 saturated carbocycles. The number of hydrogen-bond acceptors (Lipinski definition) is 4. The van der Waals surface area contributed by atoms with Crippen molar-refractivity contribution in [2.45, 2.75) is 58.3 Å². The molecule has 27 heavy (non-hydrogen) atoms. The van der Waals surface area contributed by atoms with Gasteiger partial charge in [-0.1, -0.05) is 6.58 Å². The summed E-state index contributed by atoms with van der Waals surface area (Å²) in [6.07, 6.45) is 7.52. The minimum absolute atomic E-state index is 0.0541. The van der Waals surface area contributed by atoms with Gasteiger partial charge in [0.05, 0.1) is 12.5 Å². The smallest absolute Gasteiger partial charge is 0.333 e. The zero-order chi connectivity index (χ0) is 20.0. The second kappa shape index (κ2) is 9.90. The Hall–Kier alpha value is -1.85. The monoisotopic (exact) mass is 379 g/mol. The number of esters is 1. The average molecular weight is 379 g/mol. The molecule has 0 aromatic rings. The van der Waals surface area contributed by atoms with Crippen molar-refractivity contribution in [3.8, 4) is 0 Å². The first-order chi connectivity index (χ1) is 12.8. The molecule has 2 fully saturated rings. The summed E-state index contributed by atoms with van der Waals surface area (Å²) < 4.78 is 5.06. The Labute approximate surface area is 161 Å². The lowest BCUT2D eigenvalue weighted by molar-refractivity contribution is -0.143. The maximum atomic E-state index is 12.6. The predicted octanol–water partition coefficient (Wildman–Crippen LogP) is 3.26. The standard InChI is InChI=1S/C21H33NO5/c1-14(2)21(26)27-13-12-22(3)19(23)17-8-4-15(5-9-17)16-6-10-18(11-7-16)20(24)25/h15-18H,1,4-13H2,2-3H3,(H,24,25). The molecular weight excluding hydrogens is 346 g/mol. The number of likely N-dealkylation sites (N-methyl/N-ethyl adjacent to an activating group) is 1. The van der Waals surface area contributed by atoms with Crippen LogP contribution in [0.4, 0.5) is 0 Å². The van der Waals surface area contributed by atoms with Crippen LogP contribution in [0.25, 0.3) is 0 Å². The maximum Gasteiger partial charge on any atom is 0.333 e. The van der Waals surface area contributed by atoms with E-state index in [9.17, 15) is 14.4 Å². The van der Waals surface area contributed by atoms with Gasteiger partial charge in [-0.15, -0.1) is 0 Å². The number of amides is 1. The van der Waals surface area contributed by atoms with Crippen molar-refractivity contribution in [1.82, 2.24) is 4.90 Å². The van der Waals surface area contributed by atoms with Crippen molar-refractivity contribution in [3.63, 3.8) is 0 Å². The van der Waals surface area contributed by atoms with Gasteiger partial charge in [0.15, 0.2) is 0 Å². The van der Waals surface area contributed by atoms with Crippen LogP contribution in [0.1, 0.15) is 58.3 Å². The van der Waals surface area contributed by atoms with Crippen LogP contribution in [0.15, 0.2) is 12.2 Å². The Morgan fingerprint density at radius 3 is 1.89 bits per heavy atom. The maximum absolute atomic E-state index is 12.6. The summed E-state index contributed by atoms with van der Waals surface area (Å²) in [4.78, 5) is 36.7. The molecule has 6 heteroatoms. The van der Waals surface area contributed by atoms with Crippen molar-refractivity contribution in [1.29, 1.82) is 0 Å². The topological polar surface area (TPSA) is 83.9 Å². The lowest BCUT2D eigenvalue weighted by Crippen LogP contribution is -2.38. The van der Waals surface area contributed by atoms with Gasteiger partial charge in [0, 0.05) is 18.5 Å². The Morgan fingerprint density at radius 2 is 1.44 bits per heavy atom. The van der Waals surface area contributed by atoms with E-state index in [-0.39, 0.29) is 24.3 Å². The zero-order valence-electron chi connectivity index (χ0n) is 16.6. The van der Waals surface area contributed by atoms with Gasteiger partial charge in [-0.25, -0.2) is 4.79 Å². The van der Waals surface area contributed by atoms with Gasteiger partial charge in [0.25, 0.3) is 0 Å². The van der Waals surface area contributed by atoms with E-state index in [1.54, 1.807) is 18.9 Å². The van der Waals surface area contributed by atoms with Gasteiger partial charge < -0.3 is 14.7 Å². The van der Waals surface area contributed by atoms with Crippen LogP contribution in [-0.2, 0) is 19.1 Å². The summed E-state index contributed by atoms with van der Waals surface area (Å²) in [5, 5.41) is 9.13. The van der Waals surface area contributed by atoms with Crippen LogP contribution in [0, 0.1) is 23.7 Å². The van der Waals surface area contributed by atoms with Crippen LogP contribution in [0.2, 0.25) is 0 Å². The SMILES string of the molecule is C=C(C)C(=O)OCCN(C)C(=O)C1CCC(C2CCC(C(=O)O)CC2)CC1. The second-order valence-corrected chi connectivity index (χ2v) is 8.24. The lowest BCUT2D eigenvalue weighted by Gasteiger charge is -2.37. The molecule has 152 valence electrons. The third kappa shape index (κ3) is 6.08. The third-order valence-electron chi connectivity index (χ3n) is 6.29. The molecule has 2 rings (SSSR count). The number of carbonyl (C=O) groups is 3. The summed E-state index contributed by atoms with van der Waals surface area (Å²) in [6.45, 7) is 5.73. The molecule has 0 radical (unpaired) electrons. The number of aliphatic carboxylic acids is 1. The van der Waals surface area contributed by atoms with Crippen molar-refractivity contribution in [3.05, 3.63) is 12.2 Å². The van der Waals surface area contributed by atoms with Crippen LogP contribution < -0.4 is 0 Å². The Bertz CT molecular complexity index is 557. The molecule has 1 amide bonds. The van der Waals surface area contributed by atoms with Gasteiger partial charge in [0.1, 0.15) is 6.61 Å². The molecule has 0 aliphatic heterocycles. The van der Waals surface area contributed by atoms with Crippen molar-refractivity contribution >= 4 is 17.8 Å². The first-order valence-corrected chi connectivity index (χ1v) is 10.1. The van der Waals surface area contributed by atoms with E-state index >= 15 is 0 Å². The van der Waals surface area contributed by atoms with Gasteiger partial charge >= 0.3 is 11.9 Å². The molecule has 1 N–H and O–H groups in total. The minimum Gasteiger partial charge on any atom is -0.481 e. The van der Waals surface area contributed by atoms with E-state index < -0.39 is 11.9 Å². The molecule has 0 atom stereocenters. The fraction of sp³-hybridized carbons (Fsp3) is 0.762. The summed E-state index contributed by atoms with van der Waals surface area (Å²) >= 11 is 0. The Kier molecular flexibility index (Phi) is 7.87. The van der Waals surface area contributed by atoms with E-state index in [2.05, 4.69) is 6.58 Å². The molecule has 0 bridgehead atoms. The Morgan fingerprint density at radius 1 is 0.963 bits per heavy atom. The van der Waals surface area contributed by atoms with E-state index in [0.717, 1.165) is 51.4 Å². The minimum atomic E-state index is -0.653. The highest BCUT2D eigenvalue weighted by Gasteiger charge is 2.34. The van der Waals surface area contributed by atoms with Crippen LogP contribution in [0.3, 0.4) is 0 Å². The number of carboxylic acids is 1. The quantitative estimate of drug-likeness (QED) is 0.542. The second-order valence-electron chi connectivity index (χ2n) is 8.24. The summed E-state index contributed by atoms with van der Waals surface area (Å²) in [6, 6.07) is 0. The molecule has 0 spiro atoms. The number of carboxylic acid groups (broad SMARTS) is 1. The largest absolute Gasteiger partial charge is 0.481 e. The molecule has 0 unspecified atom stereocenters. The molecular formula is C21H33NO5. The van der Waals surface area contributed by atoms with Crippen LogP contribution in [-0.4, -0.2) is 48.1 Å². The molecule has 0 aromatic heterocycles. The fourth-order valence-electron chi connectivity index (χ4n) is 4.50. The lowest BCUT2D eigenvalue weighted by atomic mass is 9.69. The summed E-state index contributed by atoms with van der Waals surface area (Å²) in [5.41, 5.74) is 0.361. The highest BCUT2D eigenvalue weighted by Crippen LogP contribution is 2.41. The van der Waals surface area contributed by atoms with Crippen molar-refractivity contribution in [2.75, 3.05) is 20.2 Å². The van der Waals surface area contributed by atoms with Crippen LogP contribution >= 0.6 is 0 Å². The summed E-state index contributed by atoms with van der Waals surface area (Å²) in [7, 11) is 1.76. The van der Waals surface area contributed by atoms with Crippen LogP contribution in [0.5, 0.6) is 0 Å². The number of nitrogens with zero attached hydrogens (tertiary/aromatic N) is 1. The van der Waals surface area contributed by atoms with Crippen molar-refractivity contribution in [2.24, 2.45) is 23.7 Å². The van der Waals surface area contributed by atoms with E-state index in [1.807, 2.05) is 0 Å². The number of hydrogen-bond donors (Lipinski definition) is 1. The number of carbonyl (C=O) groups excluding carboxylic acids is 2.